The minimum Gasteiger partial charge on any atom is -0.507 e. The van der Waals surface area contributed by atoms with E-state index < -0.39 is 17.7 Å². The molecular weight excluding hydrogens is 377 g/mol. The summed E-state index contributed by atoms with van der Waals surface area (Å²) in [5.74, 6) is -1.98. The molecule has 1 aliphatic rings. The molecule has 2 N–H and O–H groups in total. The van der Waals surface area contributed by atoms with Crippen LogP contribution in [0.3, 0.4) is 0 Å². The Hall–Kier alpha value is -2.34. The van der Waals surface area contributed by atoms with E-state index in [1.165, 1.54) is 23.1 Å². The van der Waals surface area contributed by atoms with E-state index in [9.17, 15) is 19.8 Å². The summed E-state index contributed by atoms with van der Waals surface area (Å²) >= 11 is 12.0. The van der Waals surface area contributed by atoms with E-state index in [1.807, 2.05) is 0 Å². The highest BCUT2D eigenvalue weighted by molar-refractivity contribution is 6.47. The fourth-order valence-corrected chi connectivity index (χ4v) is 3.52. The van der Waals surface area contributed by atoms with Crippen molar-refractivity contribution in [3.05, 3.63) is 75.3 Å². The number of carbonyl (C=O) groups is 2. The average molecular weight is 392 g/mol. The van der Waals surface area contributed by atoms with Crippen LogP contribution in [0.15, 0.2) is 54.1 Å². The number of halogens is 2. The fraction of sp³-hybridized carbons (Fsp3) is 0.158. The summed E-state index contributed by atoms with van der Waals surface area (Å²) in [6, 6.07) is 12.5. The molecule has 0 radical (unpaired) electrons. The molecule has 1 aliphatic heterocycles. The van der Waals surface area contributed by atoms with Crippen LogP contribution in [0, 0.1) is 0 Å². The molecular formula is C19H15Cl2NO4. The topological polar surface area (TPSA) is 77.8 Å². The molecule has 0 saturated carbocycles. The molecule has 26 heavy (non-hydrogen) atoms. The van der Waals surface area contributed by atoms with Crippen LogP contribution in [0.1, 0.15) is 17.2 Å². The summed E-state index contributed by atoms with van der Waals surface area (Å²) in [7, 11) is 0. The van der Waals surface area contributed by atoms with Crippen LogP contribution in [0.4, 0.5) is 0 Å². The third-order valence-corrected chi connectivity index (χ3v) is 4.73. The molecule has 3 rings (SSSR count). The molecule has 1 amide bonds. The minimum atomic E-state index is -0.823. The lowest BCUT2D eigenvalue weighted by Gasteiger charge is -2.24. The second-order valence-electron chi connectivity index (χ2n) is 5.75. The van der Waals surface area contributed by atoms with Crippen LogP contribution >= 0.6 is 23.2 Å². The van der Waals surface area contributed by atoms with Crippen LogP contribution in [0.2, 0.25) is 10.0 Å². The number of Topliss-reactive ketones (excluding diaryl/α,β-unsaturated/α-hetero) is 1. The Bertz CT molecular complexity index is 896. The van der Waals surface area contributed by atoms with E-state index in [0.717, 1.165) is 0 Å². The molecule has 7 heteroatoms. The Kier molecular flexibility index (Phi) is 5.32. The molecule has 0 spiro atoms. The second-order valence-corrected chi connectivity index (χ2v) is 6.59. The molecule has 0 aliphatic carbocycles. The maximum atomic E-state index is 12.6. The number of ketones is 1. The lowest BCUT2D eigenvalue weighted by atomic mass is 9.95. The van der Waals surface area contributed by atoms with Gasteiger partial charge in [0.05, 0.1) is 23.2 Å². The summed E-state index contributed by atoms with van der Waals surface area (Å²) in [6.45, 7) is -0.340. The van der Waals surface area contributed by atoms with Gasteiger partial charge in [-0.15, -0.1) is 0 Å². The monoisotopic (exact) mass is 391 g/mol. The zero-order valence-corrected chi connectivity index (χ0v) is 15.0. The van der Waals surface area contributed by atoms with Crippen LogP contribution in [-0.2, 0) is 9.59 Å². The Morgan fingerprint density at radius 2 is 1.77 bits per heavy atom. The average Bonchev–Trinajstić information content (AvgIpc) is 2.87. The van der Waals surface area contributed by atoms with E-state index >= 15 is 0 Å². The number of nitrogens with zero attached hydrogens (tertiary/aromatic N) is 1. The number of aliphatic hydroxyl groups is 2. The first-order valence-electron chi connectivity index (χ1n) is 7.85. The summed E-state index contributed by atoms with van der Waals surface area (Å²) in [5, 5.41) is 20.6. The first-order valence-corrected chi connectivity index (χ1v) is 8.61. The van der Waals surface area contributed by atoms with Gasteiger partial charge in [-0.2, -0.15) is 0 Å². The zero-order chi connectivity index (χ0) is 18.8. The number of hydrogen-bond donors (Lipinski definition) is 2. The standard InChI is InChI=1S/C19H15Cl2NO4/c20-12-6-7-13(14(21)10-12)17(24)15-16(11-4-2-1-3-5-11)22(8-9-23)19(26)18(15)25/h1-7,10,16,23-24H,8-9H2/b17-15-. The third kappa shape index (κ3) is 3.21. The number of hydrogen-bond acceptors (Lipinski definition) is 4. The lowest BCUT2D eigenvalue weighted by Crippen LogP contribution is -2.32. The van der Waals surface area contributed by atoms with Gasteiger partial charge >= 0.3 is 0 Å². The highest BCUT2D eigenvalue weighted by Crippen LogP contribution is 2.40. The van der Waals surface area contributed by atoms with E-state index in [-0.39, 0.29) is 35.1 Å². The Morgan fingerprint density at radius 3 is 2.38 bits per heavy atom. The van der Waals surface area contributed by atoms with Gasteiger partial charge in [-0.05, 0) is 23.8 Å². The summed E-state index contributed by atoms with van der Waals surface area (Å²) in [6.07, 6.45) is 0. The molecule has 2 aromatic rings. The normalized spacial score (nSPS) is 19.2. The van der Waals surface area contributed by atoms with Gasteiger partial charge in [0.2, 0.25) is 0 Å². The predicted molar refractivity (Wildman–Crippen MR) is 99.0 cm³/mol. The van der Waals surface area contributed by atoms with Crippen molar-refractivity contribution in [2.24, 2.45) is 0 Å². The SMILES string of the molecule is O=C1C(=O)N(CCO)C(c2ccccc2)/C1=C(/O)c1ccc(Cl)cc1Cl. The van der Waals surface area contributed by atoms with Gasteiger partial charge in [-0.25, -0.2) is 0 Å². The molecule has 134 valence electrons. The van der Waals surface area contributed by atoms with E-state index in [0.29, 0.717) is 10.6 Å². The quantitative estimate of drug-likeness (QED) is 0.475. The maximum Gasteiger partial charge on any atom is 0.295 e. The van der Waals surface area contributed by atoms with E-state index in [4.69, 9.17) is 23.2 Å². The number of amides is 1. The smallest absolute Gasteiger partial charge is 0.295 e. The summed E-state index contributed by atoms with van der Waals surface area (Å²) in [4.78, 5) is 26.3. The first-order chi connectivity index (χ1) is 12.5. The van der Waals surface area contributed by atoms with Crippen molar-refractivity contribution < 1.29 is 19.8 Å². The lowest BCUT2D eigenvalue weighted by molar-refractivity contribution is -0.140. The van der Waals surface area contributed by atoms with Gasteiger partial charge in [0, 0.05) is 17.1 Å². The Morgan fingerprint density at radius 1 is 1.08 bits per heavy atom. The summed E-state index contributed by atoms with van der Waals surface area (Å²) < 4.78 is 0. The predicted octanol–water partition coefficient (Wildman–Crippen LogP) is 3.41. The number of rotatable bonds is 4. The van der Waals surface area contributed by atoms with Crippen molar-refractivity contribution in [1.82, 2.24) is 4.90 Å². The van der Waals surface area contributed by atoms with Crippen molar-refractivity contribution in [3.63, 3.8) is 0 Å². The van der Waals surface area contributed by atoms with Gasteiger partial charge in [-0.3, -0.25) is 9.59 Å². The second kappa shape index (κ2) is 7.50. The number of aliphatic hydroxyl groups excluding tert-OH is 2. The molecule has 1 unspecified atom stereocenters. The molecule has 0 bridgehead atoms. The molecule has 1 heterocycles. The van der Waals surface area contributed by atoms with Gasteiger partial charge in [0.1, 0.15) is 5.76 Å². The Labute approximate surface area is 160 Å². The molecule has 2 aromatic carbocycles. The van der Waals surface area contributed by atoms with Crippen LogP contribution in [0.25, 0.3) is 5.76 Å². The number of β-amino-alcohol motifs (C(OH)–C–C–N with tert-alkyl or cyclic N) is 1. The van der Waals surface area contributed by atoms with Crippen molar-refractivity contribution in [2.75, 3.05) is 13.2 Å². The minimum absolute atomic E-state index is 0.0325. The molecule has 0 aromatic heterocycles. The van der Waals surface area contributed by atoms with Crippen molar-refractivity contribution in [2.45, 2.75) is 6.04 Å². The van der Waals surface area contributed by atoms with Gasteiger partial charge < -0.3 is 15.1 Å². The van der Waals surface area contributed by atoms with Gasteiger partial charge in [0.25, 0.3) is 11.7 Å². The largest absolute Gasteiger partial charge is 0.507 e. The highest BCUT2D eigenvalue weighted by Gasteiger charge is 2.45. The van der Waals surface area contributed by atoms with E-state index in [1.54, 1.807) is 30.3 Å². The van der Waals surface area contributed by atoms with Crippen molar-refractivity contribution in [3.8, 4) is 0 Å². The van der Waals surface area contributed by atoms with Crippen LogP contribution in [-0.4, -0.2) is 40.0 Å². The van der Waals surface area contributed by atoms with Crippen molar-refractivity contribution >= 4 is 40.7 Å². The van der Waals surface area contributed by atoms with Crippen LogP contribution in [0.5, 0.6) is 0 Å². The van der Waals surface area contributed by atoms with E-state index in [2.05, 4.69) is 0 Å². The van der Waals surface area contributed by atoms with Crippen LogP contribution < -0.4 is 0 Å². The van der Waals surface area contributed by atoms with Gasteiger partial charge in [-0.1, -0.05) is 53.5 Å². The fourth-order valence-electron chi connectivity index (χ4n) is 3.03. The molecule has 1 saturated heterocycles. The molecule has 5 nitrogen and oxygen atoms in total. The molecule has 1 atom stereocenters. The number of likely N-dealkylation sites (tertiary alicyclic amines) is 1. The Balaban J connectivity index is 2.21. The highest BCUT2D eigenvalue weighted by atomic mass is 35.5. The number of carbonyl (C=O) groups excluding carboxylic acids is 2. The summed E-state index contributed by atoms with van der Waals surface area (Å²) in [5.41, 5.74) is 0.782. The third-order valence-electron chi connectivity index (χ3n) is 4.18. The van der Waals surface area contributed by atoms with Gasteiger partial charge in [0.15, 0.2) is 0 Å². The molecule has 1 fully saturated rings. The first kappa shape index (κ1) is 18.5. The maximum absolute atomic E-state index is 12.6. The van der Waals surface area contributed by atoms with Crippen molar-refractivity contribution in [1.29, 1.82) is 0 Å². The number of benzene rings is 2. The zero-order valence-electron chi connectivity index (χ0n) is 13.5.